The molecule has 16 heavy (non-hydrogen) atoms. The fourth-order valence-corrected chi connectivity index (χ4v) is 1.69. The zero-order valence-corrected chi connectivity index (χ0v) is 9.58. The second kappa shape index (κ2) is 4.53. The number of hydrogen-bond donors (Lipinski definition) is 2. The number of halogens is 1. The number of aliphatic imine (C=N–C) groups is 1. The minimum Gasteiger partial charge on any atom is -0.340 e. The van der Waals surface area contributed by atoms with Gasteiger partial charge in [-0.15, -0.1) is 0 Å². The summed E-state index contributed by atoms with van der Waals surface area (Å²) in [5.41, 5.74) is 0.878. The van der Waals surface area contributed by atoms with Crippen LogP contribution >= 0.6 is 11.6 Å². The number of amides is 1. The molecule has 2 N–H and O–H groups in total. The Balaban J connectivity index is 2.20. The molecule has 0 saturated carbocycles. The number of hydrogen-bond acceptors (Lipinski definition) is 2. The predicted molar refractivity (Wildman–Crippen MR) is 63.4 cm³/mol. The van der Waals surface area contributed by atoms with E-state index >= 15 is 0 Å². The van der Waals surface area contributed by atoms with Crippen molar-refractivity contribution in [3.05, 3.63) is 34.9 Å². The lowest BCUT2D eigenvalue weighted by atomic mass is 10.1. The maximum absolute atomic E-state index is 11.7. The third-order valence-electron chi connectivity index (χ3n) is 2.30. The summed E-state index contributed by atoms with van der Waals surface area (Å²) in [5, 5.41) is 6.37. The summed E-state index contributed by atoms with van der Waals surface area (Å²) < 4.78 is 0. The molecule has 84 valence electrons. The van der Waals surface area contributed by atoms with Gasteiger partial charge in [-0.1, -0.05) is 23.7 Å². The SMILES string of the molecule is CCN=C1NC(=O)C(c2ccc(Cl)cc2)N1. The third-order valence-corrected chi connectivity index (χ3v) is 2.56. The molecule has 1 aliphatic heterocycles. The Morgan fingerprint density at radius 1 is 1.38 bits per heavy atom. The zero-order valence-electron chi connectivity index (χ0n) is 8.83. The Bertz CT molecular complexity index is 427. The summed E-state index contributed by atoms with van der Waals surface area (Å²) in [7, 11) is 0. The number of carbonyl (C=O) groups is 1. The van der Waals surface area contributed by atoms with Crippen LogP contribution < -0.4 is 10.6 Å². The van der Waals surface area contributed by atoms with Crippen molar-refractivity contribution in [3.8, 4) is 0 Å². The van der Waals surface area contributed by atoms with Gasteiger partial charge in [0.15, 0.2) is 5.96 Å². The van der Waals surface area contributed by atoms with E-state index in [1.807, 2.05) is 19.1 Å². The van der Waals surface area contributed by atoms with Gasteiger partial charge in [0.2, 0.25) is 0 Å². The predicted octanol–water partition coefficient (Wildman–Crippen LogP) is 1.48. The minimum atomic E-state index is -0.373. The van der Waals surface area contributed by atoms with Gasteiger partial charge < -0.3 is 5.32 Å². The average Bonchev–Trinajstić information content (AvgIpc) is 2.61. The van der Waals surface area contributed by atoms with Crippen molar-refractivity contribution in [2.75, 3.05) is 6.54 Å². The van der Waals surface area contributed by atoms with Gasteiger partial charge in [-0.3, -0.25) is 15.1 Å². The quantitative estimate of drug-likeness (QED) is 0.819. The van der Waals surface area contributed by atoms with Gasteiger partial charge in [0.25, 0.3) is 5.91 Å². The Kier molecular flexibility index (Phi) is 3.10. The number of rotatable bonds is 2. The van der Waals surface area contributed by atoms with E-state index < -0.39 is 0 Å². The van der Waals surface area contributed by atoms with Crippen LogP contribution in [0.3, 0.4) is 0 Å². The molecule has 5 heteroatoms. The second-order valence-electron chi connectivity index (χ2n) is 3.44. The minimum absolute atomic E-state index is 0.0884. The summed E-state index contributed by atoms with van der Waals surface area (Å²) in [4.78, 5) is 15.8. The van der Waals surface area contributed by atoms with Gasteiger partial charge in [0, 0.05) is 11.6 Å². The summed E-state index contributed by atoms with van der Waals surface area (Å²) >= 11 is 5.79. The van der Waals surface area contributed by atoms with Crippen LogP contribution in [0.1, 0.15) is 18.5 Å². The molecule has 1 fully saturated rings. The van der Waals surface area contributed by atoms with Crippen molar-refractivity contribution in [1.29, 1.82) is 0 Å². The monoisotopic (exact) mass is 237 g/mol. The molecule has 0 aliphatic carbocycles. The van der Waals surface area contributed by atoms with Crippen LogP contribution in [-0.2, 0) is 4.79 Å². The number of nitrogens with one attached hydrogen (secondary N) is 2. The molecule has 1 saturated heterocycles. The van der Waals surface area contributed by atoms with E-state index in [1.165, 1.54) is 0 Å². The normalized spacial score (nSPS) is 22.0. The third kappa shape index (κ3) is 2.17. The number of carbonyl (C=O) groups excluding carboxylic acids is 1. The number of nitrogens with zero attached hydrogens (tertiary/aromatic N) is 1. The van der Waals surface area contributed by atoms with Crippen LogP contribution in [0.25, 0.3) is 0 Å². The fourth-order valence-electron chi connectivity index (χ4n) is 1.56. The van der Waals surface area contributed by atoms with E-state index in [-0.39, 0.29) is 11.9 Å². The first-order valence-electron chi connectivity index (χ1n) is 5.08. The van der Waals surface area contributed by atoms with E-state index in [0.717, 1.165) is 5.56 Å². The van der Waals surface area contributed by atoms with E-state index in [2.05, 4.69) is 15.6 Å². The second-order valence-corrected chi connectivity index (χ2v) is 3.88. The molecular weight excluding hydrogens is 226 g/mol. The molecule has 0 radical (unpaired) electrons. The molecule has 0 spiro atoms. The van der Waals surface area contributed by atoms with Gasteiger partial charge in [-0.25, -0.2) is 0 Å². The molecular formula is C11H12ClN3O. The largest absolute Gasteiger partial charge is 0.340 e. The highest BCUT2D eigenvalue weighted by Gasteiger charge is 2.29. The molecule has 1 atom stereocenters. The van der Waals surface area contributed by atoms with Gasteiger partial charge in [-0.05, 0) is 24.6 Å². The van der Waals surface area contributed by atoms with Crippen LogP contribution in [0.15, 0.2) is 29.3 Å². The molecule has 0 aromatic heterocycles. The first-order chi connectivity index (χ1) is 7.70. The zero-order chi connectivity index (χ0) is 11.5. The van der Waals surface area contributed by atoms with Crippen molar-refractivity contribution < 1.29 is 4.79 Å². The van der Waals surface area contributed by atoms with Crippen molar-refractivity contribution in [1.82, 2.24) is 10.6 Å². The van der Waals surface area contributed by atoms with Crippen molar-refractivity contribution in [2.45, 2.75) is 13.0 Å². The lowest BCUT2D eigenvalue weighted by Crippen LogP contribution is -2.25. The van der Waals surface area contributed by atoms with Crippen LogP contribution in [0, 0.1) is 0 Å². The molecule has 1 aliphatic rings. The molecule has 2 rings (SSSR count). The maximum Gasteiger partial charge on any atom is 0.253 e. The Morgan fingerprint density at radius 3 is 2.69 bits per heavy atom. The topological polar surface area (TPSA) is 53.5 Å². The Labute approximate surface area is 98.7 Å². The van der Waals surface area contributed by atoms with E-state index in [1.54, 1.807) is 12.1 Å². The van der Waals surface area contributed by atoms with Crippen molar-refractivity contribution in [2.24, 2.45) is 4.99 Å². The highest BCUT2D eigenvalue weighted by atomic mass is 35.5. The highest BCUT2D eigenvalue weighted by molar-refractivity contribution is 6.30. The molecule has 1 aromatic carbocycles. The smallest absolute Gasteiger partial charge is 0.253 e. The van der Waals surface area contributed by atoms with E-state index in [0.29, 0.717) is 17.5 Å². The summed E-state index contributed by atoms with van der Waals surface area (Å²) in [6.45, 7) is 2.55. The maximum atomic E-state index is 11.7. The van der Waals surface area contributed by atoms with Crippen molar-refractivity contribution in [3.63, 3.8) is 0 Å². The highest BCUT2D eigenvalue weighted by Crippen LogP contribution is 2.18. The molecule has 1 amide bonds. The van der Waals surface area contributed by atoms with Gasteiger partial charge in [0.1, 0.15) is 6.04 Å². The van der Waals surface area contributed by atoms with E-state index in [4.69, 9.17) is 11.6 Å². The average molecular weight is 238 g/mol. The van der Waals surface area contributed by atoms with Gasteiger partial charge in [-0.2, -0.15) is 0 Å². The standard InChI is InChI=1S/C11H12ClN3O/c1-2-13-11-14-9(10(16)15-11)7-3-5-8(12)6-4-7/h3-6,9H,2H2,1H3,(H2,13,14,15,16). The summed E-state index contributed by atoms with van der Waals surface area (Å²) in [6.07, 6.45) is 0. The Hall–Kier alpha value is -1.55. The first-order valence-corrected chi connectivity index (χ1v) is 5.46. The lowest BCUT2D eigenvalue weighted by Gasteiger charge is -2.07. The molecule has 1 unspecified atom stereocenters. The van der Waals surface area contributed by atoms with Crippen LogP contribution in [0.4, 0.5) is 0 Å². The molecule has 4 nitrogen and oxygen atoms in total. The van der Waals surface area contributed by atoms with Gasteiger partial charge in [0.05, 0.1) is 0 Å². The van der Waals surface area contributed by atoms with Crippen LogP contribution in [-0.4, -0.2) is 18.4 Å². The molecule has 1 heterocycles. The molecule has 1 aromatic rings. The Morgan fingerprint density at radius 2 is 2.06 bits per heavy atom. The number of guanidine groups is 1. The number of benzene rings is 1. The van der Waals surface area contributed by atoms with Gasteiger partial charge >= 0.3 is 0 Å². The van der Waals surface area contributed by atoms with Crippen LogP contribution in [0.5, 0.6) is 0 Å². The first kappa shape index (κ1) is 11.0. The van der Waals surface area contributed by atoms with Crippen LogP contribution in [0.2, 0.25) is 5.02 Å². The van der Waals surface area contributed by atoms with Crippen molar-refractivity contribution >= 4 is 23.5 Å². The fraction of sp³-hybridized carbons (Fsp3) is 0.273. The molecule has 0 bridgehead atoms. The lowest BCUT2D eigenvalue weighted by molar-refractivity contribution is -0.120. The van der Waals surface area contributed by atoms with E-state index in [9.17, 15) is 4.79 Å². The summed E-state index contributed by atoms with van der Waals surface area (Å²) in [5.74, 6) is 0.446. The summed E-state index contributed by atoms with van der Waals surface area (Å²) in [6, 6.07) is 6.81.